The minimum absolute atomic E-state index is 0.298. The Balaban J connectivity index is 2.62. The Morgan fingerprint density at radius 3 is 2.55 bits per heavy atom. The molecular weight excluding hydrogens is 295 g/mol. The molecule has 1 aromatic rings. The Bertz CT molecular complexity index is 574. The highest BCUT2D eigenvalue weighted by atomic mass is 32.2. The zero-order valence-electron chi connectivity index (χ0n) is 9.91. The molecule has 0 radical (unpaired) electrons. The van der Waals surface area contributed by atoms with Crippen molar-refractivity contribution in [1.29, 1.82) is 5.41 Å². The first-order chi connectivity index (χ1) is 9.31. The number of nitrogens with one attached hydrogen (secondary N) is 2. The molecule has 0 saturated carbocycles. The fourth-order valence-electron chi connectivity index (χ4n) is 1.09. The number of anilines is 1. The van der Waals surface area contributed by atoms with E-state index in [4.69, 9.17) is 16.9 Å². The number of hydrogen-bond acceptors (Lipinski definition) is 3. The fourth-order valence-corrected chi connectivity index (χ4v) is 1.60. The van der Waals surface area contributed by atoms with E-state index in [-0.39, 0.29) is 16.9 Å². The summed E-state index contributed by atoms with van der Waals surface area (Å²) in [6.45, 7) is 0. The summed E-state index contributed by atoms with van der Waals surface area (Å²) in [5.41, 5.74) is 9.54. The Labute approximate surface area is 115 Å². The summed E-state index contributed by atoms with van der Waals surface area (Å²) in [5.74, 6) is -5.89. The lowest BCUT2D eigenvalue weighted by Gasteiger charge is -2.06. The molecule has 1 rings (SSSR count). The maximum absolute atomic E-state index is 13.3. The van der Waals surface area contributed by atoms with Crippen LogP contribution in [0, 0.1) is 22.9 Å². The first kappa shape index (κ1) is 15.8. The van der Waals surface area contributed by atoms with Crippen molar-refractivity contribution in [3.05, 3.63) is 29.6 Å². The van der Waals surface area contributed by atoms with Gasteiger partial charge in [-0.25, -0.2) is 13.2 Å². The number of rotatable bonds is 3. The second-order valence-electron chi connectivity index (χ2n) is 3.40. The number of amidine groups is 1. The molecule has 0 saturated heterocycles. The van der Waals surface area contributed by atoms with Crippen LogP contribution in [0.15, 0.2) is 17.1 Å². The van der Waals surface area contributed by atoms with Gasteiger partial charge in [-0.05, 0) is 12.1 Å². The van der Waals surface area contributed by atoms with Crippen LogP contribution in [0.4, 0.5) is 18.9 Å². The number of guanidine groups is 1. The van der Waals surface area contributed by atoms with Crippen molar-refractivity contribution < 1.29 is 18.0 Å². The van der Waals surface area contributed by atoms with Gasteiger partial charge < -0.3 is 16.8 Å². The summed E-state index contributed by atoms with van der Waals surface area (Å²) in [7, 11) is 0. The SMILES string of the molecule is N=C(N=C(N)N)SCC(=O)Nc1ccc(F)c(F)c1F. The molecule has 0 aliphatic heterocycles. The molecule has 0 unspecified atom stereocenters. The van der Waals surface area contributed by atoms with Crippen LogP contribution in [0.1, 0.15) is 0 Å². The van der Waals surface area contributed by atoms with Gasteiger partial charge >= 0.3 is 0 Å². The molecule has 0 spiro atoms. The topological polar surface area (TPSA) is 117 Å². The summed E-state index contributed by atoms with van der Waals surface area (Å²) < 4.78 is 38.8. The summed E-state index contributed by atoms with van der Waals surface area (Å²) >= 11 is 0.679. The van der Waals surface area contributed by atoms with Crippen molar-refractivity contribution in [2.24, 2.45) is 16.5 Å². The molecule has 0 aliphatic carbocycles. The molecule has 108 valence electrons. The monoisotopic (exact) mass is 305 g/mol. The van der Waals surface area contributed by atoms with Gasteiger partial charge in [-0.2, -0.15) is 4.99 Å². The van der Waals surface area contributed by atoms with Gasteiger partial charge in [0.15, 0.2) is 28.6 Å². The molecule has 1 aromatic carbocycles. The Kier molecular flexibility index (Phi) is 5.38. The molecule has 6 nitrogen and oxygen atoms in total. The van der Waals surface area contributed by atoms with Crippen LogP contribution in [0.5, 0.6) is 0 Å². The molecule has 6 N–H and O–H groups in total. The highest BCUT2D eigenvalue weighted by Crippen LogP contribution is 2.19. The van der Waals surface area contributed by atoms with Crippen LogP contribution in [0.2, 0.25) is 0 Å². The third-order valence-corrected chi connectivity index (χ3v) is 2.65. The van der Waals surface area contributed by atoms with Gasteiger partial charge in [0.1, 0.15) is 0 Å². The van der Waals surface area contributed by atoms with E-state index < -0.39 is 29.0 Å². The number of amides is 1. The standard InChI is InChI=1S/C10H10F3N5OS/c11-4-1-2-5(8(13)7(4)12)17-6(19)3-20-10(16)18-9(14)15/h1-2H,3H2,(H,17,19)(H5,14,15,16,18). The third kappa shape index (κ3) is 4.46. The number of aliphatic imine (C=N–C) groups is 1. The zero-order valence-corrected chi connectivity index (χ0v) is 10.7. The van der Waals surface area contributed by atoms with Crippen LogP contribution in [-0.2, 0) is 4.79 Å². The predicted molar refractivity (Wildman–Crippen MR) is 70.9 cm³/mol. The van der Waals surface area contributed by atoms with Gasteiger partial charge in [0.2, 0.25) is 5.91 Å². The number of halogens is 3. The van der Waals surface area contributed by atoms with Gasteiger partial charge in [0.25, 0.3) is 0 Å². The molecule has 0 bridgehead atoms. The number of nitrogens with zero attached hydrogens (tertiary/aromatic N) is 1. The smallest absolute Gasteiger partial charge is 0.234 e. The van der Waals surface area contributed by atoms with Crippen LogP contribution >= 0.6 is 11.8 Å². The second kappa shape index (κ2) is 6.80. The van der Waals surface area contributed by atoms with Gasteiger partial charge in [0.05, 0.1) is 11.4 Å². The van der Waals surface area contributed by atoms with E-state index in [0.717, 1.165) is 6.07 Å². The van der Waals surface area contributed by atoms with Crippen molar-refractivity contribution >= 4 is 34.5 Å². The molecule has 0 fully saturated rings. The number of carbonyl (C=O) groups is 1. The van der Waals surface area contributed by atoms with E-state index >= 15 is 0 Å². The lowest BCUT2D eigenvalue weighted by molar-refractivity contribution is -0.113. The van der Waals surface area contributed by atoms with E-state index in [0.29, 0.717) is 17.8 Å². The fraction of sp³-hybridized carbons (Fsp3) is 0.100. The molecule has 20 heavy (non-hydrogen) atoms. The first-order valence-electron chi connectivity index (χ1n) is 5.05. The first-order valence-corrected chi connectivity index (χ1v) is 6.04. The molecule has 0 heterocycles. The van der Waals surface area contributed by atoms with Crippen molar-refractivity contribution in [3.63, 3.8) is 0 Å². The van der Waals surface area contributed by atoms with Crippen molar-refractivity contribution in [1.82, 2.24) is 0 Å². The lowest BCUT2D eigenvalue weighted by atomic mass is 10.3. The maximum Gasteiger partial charge on any atom is 0.234 e. The van der Waals surface area contributed by atoms with E-state index in [1.54, 1.807) is 0 Å². The summed E-state index contributed by atoms with van der Waals surface area (Å²) in [5, 5.41) is 8.97. The second-order valence-corrected chi connectivity index (χ2v) is 4.37. The molecule has 1 amide bonds. The van der Waals surface area contributed by atoms with Crippen molar-refractivity contribution in [2.75, 3.05) is 11.1 Å². The lowest BCUT2D eigenvalue weighted by Crippen LogP contribution is -2.24. The molecule has 0 aliphatic rings. The number of hydrogen-bond donors (Lipinski definition) is 4. The van der Waals surface area contributed by atoms with E-state index in [9.17, 15) is 18.0 Å². The Morgan fingerprint density at radius 1 is 1.30 bits per heavy atom. The molecule has 0 atom stereocenters. The number of carbonyl (C=O) groups excluding carboxylic acids is 1. The minimum Gasteiger partial charge on any atom is -0.370 e. The highest BCUT2D eigenvalue weighted by Gasteiger charge is 2.15. The minimum atomic E-state index is -1.68. The predicted octanol–water partition coefficient (Wildman–Crippen LogP) is 0.984. The quantitative estimate of drug-likeness (QED) is 0.378. The average molecular weight is 305 g/mol. The van der Waals surface area contributed by atoms with Gasteiger partial charge in [-0.3, -0.25) is 10.2 Å². The maximum atomic E-state index is 13.3. The van der Waals surface area contributed by atoms with Gasteiger partial charge in [-0.15, -0.1) is 0 Å². The van der Waals surface area contributed by atoms with E-state index in [1.807, 2.05) is 5.32 Å². The summed E-state index contributed by atoms with van der Waals surface area (Å²) in [4.78, 5) is 14.8. The largest absolute Gasteiger partial charge is 0.370 e. The van der Waals surface area contributed by atoms with Crippen LogP contribution < -0.4 is 16.8 Å². The van der Waals surface area contributed by atoms with Crippen LogP contribution in [-0.4, -0.2) is 22.8 Å². The normalized spacial score (nSPS) is 9.95. The Morgan fingerprint density at radius 2 is 1.95 bits per heavy atom. The number of benzene rings is 1. The summed E-state index contributed by atoms with van der Waals surface area (Å²) in [6.07, 6.45) is 0. The van der Waals surface area contributed by atoms with Crippen molar-refractivity contribution in [2.45, 2.75) is 0 Å². The average Bonchev–Trinajstić information content (AvgIpc) is 2.36. The van der Waals surface area contributed by atoms with Crippen LogP contribution in [0.3, 0.4) is 0 Å². The van der Waals surface area contributed by atoms with Gasteiger partial charge in [-0.1, -0.05) is 11.8 Å². The molecule has 0 aromatic heterocycles. The van der Waals surface area contributed by atoms with E-state index in [1.165, 1.54) is 0 Å². The molecule has 10 heteroatoms. The summed E-state index contributed by atoms with van der Waals surface area (Å²) in [6, 6.07) is 1.57. The number of thioether (sulfide) groups is 1. The Hall–Kier alpha value is -2.23. The van der Waals surface area contributed by atoms with Crippen molar-refractivity contribution in [3.8, 4) is 0 Å². The zero-order chi connectivity index (χ0) is 15.3. The van der Waals surface area contributed by atoms with E-state index in [2.05, 4.69) is 4.99 Å². The molecular formula is C10H10F3N5OS. The number of nitrogens with two attached hydrogens (primary N) is 2. The third-order valence-electron chi connectivity index (χ3n) is 1.88. The highest BCUT2D eigenvalue weighted by molar-refractivity contribution is 8.14. The van der Waals surface area contributed by atoms with Gasteiger partial charge in [0, 0.05) is 0 Å². The van der Waals surface area contributed by atoms with Crippen LogP contribution in [0.25, 0.3) is 0 Å².